The molecule has 0 saturated heterocycles. The average Bonchev–Trinajstić information content (AvgIpc) is 2.89. The van der Waals surface area contributed by atoms with E-state index in [-0.39, 0.29) is 5.54 Å². The van der Waals surface area contributed by atoms with Crippen LogP contribution in [0.5, 0.6) is 0 Å². The van der Waals surface area contributed by atoms with Gasteiger partial charge in [0.05, 0.1) is 6.61 Å². The Bertz CT molecular complexity index is 402. The van der Waals surface area contributed by atoms with Crippen LogP contribution in [0.15, 0.2) is 24.3 Å². The number of ether oxygens (including phenoxy) is 1. The fourth-order valence-electron chi connectivity index (χ4n) is 2.72. The fourth-order valence-corrected chi connectivity index (χ4v) is 2.72. The lowest BCUT2D eigenvalue weighted by Gasteiger charge is -2.20. The number of nitrogens with one attached hydrogen (secondary N) is 1. The van der Waals surface area contributed by atoms with Crippen molar-refractivity contribution >= 4 is 0 Å². The molecule has 1 aromatic carbocycles. The minimum atomic E-state index is 0.162. The van der Waals surface area contributed by atoms with Gasteiger partial charge in [-0.25, -0.2) is 0 Å². The second kappa shape index (κ2) is 7.24. The third-order valence-electron chi connectivity index (χ3n) is 3.91. The monoisotopic (exact) mass is 275 g/mol. The highest BCUT2D eigenvalue weighted by Crippen LogP contribution is 2.25. The summed E-state index contributed by atoms with van der Waals surface area (Å²) in [6.45, 7) is 9.19. The van der Waals surface area contributed by atoms with Crippen molar-refractivity contribution in [2.45, 2.75) is 65.1 Å². The number of benzene rings is 1. The van der Waals surface area contributed by atoms with E-state index in [0.29, 0.717) is 0 Å². The van der Waals surface area contributed by atoms with Gasteiger partial charge in [-0.3, -0.25) is 0 Å². The van der Waals surface area contributed by atoms with Crippen LogP contribution in [0.3, 0.4) is 0 Å². The Hall–Kier alpha value is -0.860. The summed E-state index contributed by atoms with van der Waals surface area (Å²) >= 11 is 0. The first-order valence-electron chi connectivity index (χ1n) is 7.93. The van der Waals surface area contributed by atoms with E-state index >= 15 is 0 Å². The van der Waals surface area contributed by atoms with Crippen molar-refractivity contribution in [1.29, 1.82) is 0 Å². The van der Waals surface area contributed by atoms with Gasteiger partial charge >= 0.3 is 0 Å². The zero-order valence-electron chi connectivity index (χ0n) is 13.2. The van der Waals surface area contributed by atoms with Gasteiger partial charge in [0, 0.05) is 18.7 Å². The van der Waals surface area contributed by atoms with Crippen molar-refractivity contribution < 1.29 is 4.74 Å². The Labute approximate surface area is 123 Å². The zero-order valence-corrected chi connectivity index (χ0v) is 13.2. The maximum atomic E-state index is 5.88. The van der Waals surface area contributed by atoms with Crippen LogP contribution < -0.4 is 5.32 Å². The molecule has 1 aromatic rings. The maximum Gasteiger partial charge on any atom is 0.0717 e. The smallest absolute Gasteiger partial charge is 0.0717 e. The number of hydrogen-bond donors (Lipinski definition) is 1. The summed E-state index contributed by atoms with van der Waals surface area (Å²) in [5.41, 5.74) is 2.78. The van der Waals surface area contributed by atoms with E-state index in [4.69, 9.17) is 4.74 Å². The van der Waals surface area contributed by atoms with Crippen LogP contribution in [0.2, 0.25) is 0 Å². The van der Waals surface area contributed by atoms with Crippen LogP contribution >= 0.6 is 0 Å². The molecule has 0 aliphatic heterocycles. The summed E-state index contributed by atoms with van der Waals surface area (Å²) < 4.78 is 5.88. The minimum Gasteiger partial charge on any atom is -0.376 e. The van der Waals surface area contributed by atoms with E-state index in [1.54, 1.807) is 0 Å². The SMILES string of the molecule is CC(C)(C)NCc1cccc(COCC2CCCC2)c1. The number of hydrogen-bond acceptors (Lipinski definition) is 2. The summed E-state index contributed by atoms with van der Waals surface area (Å²) in [5, 5.41) is 3.53. The van der Waals surface area contributed by atoms with E-state index in [2.05, 4.69) is 50.4 Å². The van der Waals surface area contributed by atoms with Crippen molar-refractivity contribution in [3.05, 3.63) is 35.4 Å². The molecular formula is C18H29NO. The van der Waals surface area contributed by atoms with Gasteiger partial charge in [-0.1, -0.05) is 37.1 Å². The molecule has 0 unspecified atom stereocenters. The zero-order chi connectivity index (χ0) is 14.4. The molecule has 1 aliphatic carbocycles. The second-order valence-electron chi connectivity index (χ2n) is 7.09. The van der Waals surface area contributed by atoms with Gasteiger partial charge in [-0.15, -0.1) is 0 Å². The predicted octanol–water partition coefficient (Wildman–Crippen LogP) is 4.28. The third-order valence-corrected chi connectivity index (χ3v) is 3.91. The Morgan fingerprint density at radius 1 is 1.15 bits per heavy atom. The summed E-state index contributed by atoms with van der Waals surface area (Å²) in [7, 11) is 0. The summed E-state index contributed by atoms with van der Waals surface area (Å²) in [6, 6.07) is 8.73. The van der Waals surface area contributed by atoms with E-state index < -0.39 is 0 Å². The molecule has 0 heterocycles. The maximum absolute atomic E-state index is 5.88. The fraction of sp³-hybridized carbons (Fsp3) is 0.667. The van der Waals surface area contributed by atoms with Crippen molar-refractivity contribution in [3.63, 3.8) is 0 Å². The van der Waals surface area contributed by atoms with E-state index in [0.717, 1.165) is 25.7 Å². The Balaban J connectivity index is 1.76. The summed E-state index contributed by atoms with van der Waals surface area (Å²) in [5.74, 6) is 0.806. The molecule has 0 aromatic heterocycles. The first-order valence-corrected chi connectivity index (χ1v) is 7.93. The Kier molecular flexibility index (Phi) is 5.62. The third kappa shape index (κ3) is 5.64. The molecule has 0 atom stereocenters. The molecule has 2 nitrogen and oxygen atoms in total. The molecule has 20 heavy (non-hydrogen) atoms. The van der Waals surface area contributed by atoms with Gasteiger partial charge in [-0.05, 0) is 50.7 Å². The van der Waals surface area contributed by atoms with Gasteiger partial charge in [0.15, 0.2) is 0 Å². The molecule has 112 valence electrons. The van der Waals surface area contributed by atoms with Gasteiger partial charge < -0.3 is 10.1 Å². The molecule has 0 radical (unpaired) electrons. The van der Waals surface area contributed by atoms with Crippen LogP contribution in [0.25, 0.3) is 0 Å². The van der Waals surface area contributed by atoms with Gasteiger partial charge in [0.1, 0.15) is 0 Å². The Morgan fingerprint density at radius 2 is 1.85 bits per heavy atom. The minimum absolute atomic E-state index is 0.162. The first-order chi connectivity index (χ1) is 9.53. The standard InChI is InChI=1S/C18H29NO/c1-18(2,3)19-12-16-9-6-10-17(11-16)14-20-13-15-7-4-5-8-15/h6,9-11,15,19H,4-5,7-8,12-14H2,1-3H3. The van der Waals surface area contributed by atoms with Gasteiger partial charge in [-0.2, -0.15) is 0 Å². The number of rotatable bonds is 6. The van der Waals surface area contributed by atoms with Gasteiger partial charge in [0.25, 0.3) is 0 Å². The topological polar surface area (TPSA) is 21.3 Å². The molecular weight excluding hydrogens is 246 g/mol. The van der Waals surface area contributed by atoms with E-state index in [1.165, 1.54) is 36.8 Å². The molecule has 0 bridgehead atoms. The van der Waals surface area contributed by atoms with Crippen molar-refractivity contribution in [3.8, 4) is 0 Å². The quantitative estimate of drug-likeness (QED) is 0.836. The first kappa shape index (κ1) is 15.5. The lowest BCUT2D eigenvalue weighted by molar-refractivity contribution is 0.0888. The molecule has 2 rings (SSSR count). The normalized spacial score (nSPS) is 16.8. The van der Waals surface area contributed by atoms with E-state index in [1.807, 2.05) is 0 Å². The molecule has 1 N–H and O–H groups in total. The highest BCUT2D eigenvalue weighted by Gasteiger charge is 2.14. The van der Waals surface area contributed by atoms with Crippen LogP contribution in [-0.2, 0) is 17.9 Å². The van der Waals surface area contributed by atoms with Gasteiger partial charge in [0.2, 0.25) is 0 Å². The Morgan fingerprint density at radius 3 is 2.55 bits per heavy atom. The molecule has 1 fully saturated rings. The molecule has 0 amide bonds. The lowest BCUT2D eigenvalue weighted by atomic mass is 10.1. The van der Waals surface area contributed by atoms with Crippen molar-refractivity contribution in [2.24, 2.45) is 5.92 Å². The van der Waals surface area contributed by atoms with Crippen LogP contribution in [0.1, 0.15) is 57.6 Å². The lowest BCUT2D eigenvalue weighted by Crippen LogP contribution is -2.35. The van der Waals surface area contributed by atoms with Crippen molar-refractivity contribution in [1.82, 2.24) is 5.32 Å². The van der Waals surface area contributed by atoms with Crippen LogP contribution in [-0.4, -0.2) is 12.1 Å². The van der Waals surface area contributed by atoms with Crippen LogP contribution in [0, 0.1) is 5.92 Å². The highest BCUT2D eigenvalue weighted by atomic mass is 16.5. The summed E-state index contributed by atoms with van der Waals surface area (Å²) in [6.07, 6.45) is 5.50. The molecule has 2 heteroatoms. The van der Waals surface area contributed by atoms with E-state index in [9.17, 15) is 0 Å². The predicted molar refractivity (Wildman–Crippen MR) is 84.6 cm³/mol. The highest BCUT2D eigenvalue weighted by molar-refractivity contribution is 5.23. The second-order valence-corrected chi connectivity index (χ2v) is 7.09. The largest absolute Gasteiger partial charge is 0.376 e. The molecule has 0 spiro atoms. The van der Waals surface area contributed by atoms with Crippen molar-refractivity contribution in [2.75, 3.05) is 6.61 Å². The molecule has 1 aliphatic rings. The molecule has 1 saturated carbocycles. The summed E-state index contributed by atoms with van der Waals surface area (Å²) in [4.78, 5) is 0. The average molecular weight is 275 g/mol. The van der Waals surface area contributed by atoms with Crippen LogP contribution in [0.4, 0.5) is 0 Å².